The van der Waals surface area contributed by atoms with Crippen molar-refractivity contribution in [1.82, 2.24) is 20.2 Å². The molecule has 2 amide bonds. The summed E-state index contributed by atoms with van der Waals surface area (Å²) >= 11 is 0. The van der Waals surface area contributed by atoms with Gasteiger partial charge in [-0.25, -0.2) is 13.2 Å². The number of hydroxylamine groups is 2. The molecule has 0 radical (unpaired) electrons. The van der Waals surface area contributed by atoms with Crippen molar-refractivity contribution in [2.45, 2.75) is 18.4 Å². The van der Waals surface area contributed by atoms with Crippen molar-refractivity contribution in [2.75, 3.05) is 13.1 Å². The first-order valence-electron chi connectivity index (χ1n) is 7.55. The molecule has 3 heterocycles. The Labute approximate surface area is 171 Å². The van der Waals surface area contributed by atoms with E-state index in [2.05, 4.69) is 14.5 Å². The standard InChI is InChI=1S/C14H14N4O6S.Na/c19-14-17-7-6-10(11(8-17)18(14)24-25(20,21)22)13-16-15-12(23-13)9-4-2-1-3-5-9;/h1-5,10-11H,6-8H2,(H,20,21,22);/q;+1/p-1/t10-,11+;/m1./s1. The van der Waals surface area contributed by atoms with Crippen LogP contribution in [-0.2, 0) is 14.7 Å². The zero-order valence-corrected chi connectivity index (χ0v) is 16.6. The van der Waals surface area contributed by atoms with Crippen LogP contribution < -0.4 is 29.6 Å². The van der Waals surface area contributed by atoms with Crippen LogP contribution in [0.4, 0.5) is 4.79 Å². The number of amides is 2. The molecule has 12 heteroatoms. The van der Waals surface area contributed by atoms with Gasteiger partial charge in [0.25, 0.3) is 0 Å². The van der Waals surface area contributed by atoms with Crippen LogP contribution in [0.15, 0.2) is 34.7 Å². The van der Waals surface area contributed by atoms with Crippen LogP contribution in [0.2, 0.25) is 0 Å². The zero-order chi connectivity index (χ0) is 17.6. The number of rotatable bonds is 4. The number of benzene rings is 1. The number of fused-ring (bicyclic) bond motifs is 2. The molecule has 4 rings (SSSR count). The molecule has 132 valence electrons. The second kappa shape index (κ2) is 7.25. The van der Waals surface area contributed by atoms with Gasteiger partial charge in [0.1, 0.15) is 0 Å². The van der Waals surface area contributed by atoms with Crippen molar-refractivity contribution >= 4 is 16.4 Å². The monoisotopic (exact) mass is 388 g/mol. The molecule has 1 aromatic carbocycles. The molecule has 2 saturated heterocycles. The van der Waals surface area contributed by atoms with Gasteiger partial charge in [0.05, 0.1) is 12.0 Å². The summed E-state index contributed by atoms with van der Waals surface area (Å²) in [6.45, 7) is 0.601. The van der Waals surface area contributed by atoms with E-state index in [-0.39, 0.29) is 42.0 Å². The topological polar surface area (TPSA) is 129 Å². The quantitative estimate of drug-likeness (QED) is 0.326. The van der Waals surface area contributed by atoms with E-state index < -0.39 is 28.4 Å². The number of aromatic nitrogens is 2. The molecular weight excluding hydrogens is 375 g/mol. The first-order valence-corrected chi connectivity index (χ1v) is 8.88. The largest absolute Gasteiger partial charge is 1.00 e. The fourth-order valence-corrected chi connectivity index (χ4v) is 3.55. The van der Waals surface area contributed by atoms with Gasteiger partial charge in [-0.1, -0.05) is 18.2 Å². The maximum Gasteiger partial charge on any atom is 1.00 e. The molecule has 2 aliphatic rings. The van der Waals surface area contributed by atoms with E-state index in [1.807, 2.05) is 30.3 Å². The molecule has 2 fully saturated rings. The number of hydrogen-bond donors (Lipinski definition) is 0. The third kappa shape index (κ3) is 3.63. The first-order chi connectivity index (χ1) is 11.9. The van der Waals surface area contributed by atoms with Gasteiger partial charge < -0.3 is 13.9 Å². The molecule has 0 spiro atoms. The summed E-state index contributed by atoms with van der Waals surface area (Å²) in [5.74, 6) is 0.177. The summed E-state index contributed by atoms with van der Waals surface area (Å²) in [7, 11) is -5.06. The van der Waals surface area contributed by atoms with Crippen molar-refractivity contribution in [2.24, 2.45) is 0 Å². The van der Waals surface area contributed by atoms with Crippen LogP contribution in [0, 0.1) is 0 Å². The van der Waals surface area contributed by atoms with E-state index in [1.54, 1.807) is 0 Å². The average Bonchev–Trinajstić information content (AvgIpc) is 3.16. The van der Waals surface area contributed by atoms with E-state index >= 15 is 0 Å². The SMILES string of the molecule is O=C1N2CC[C@@H](c3nnc(-c4ccccc4)o3)[C@H](C2)N1OS(=O)(=O)[O-].[Na+]. The third-order valence-electron chi connectivity index (χ3n) is 4.29. The molecule has 2 aliphatic heterocycles. The van der Waals surface area contributed by atoms with Crippen molar-refractivity contribution < 1.29 is 56.0 Å². The van der Waals surface area contributed by atoms with Gasteiger partial charge in [0.15, 0.2) is 0 Å². The van der Waals surface area contributed by atoms with Crippen LogP contribution in [0.3, 0.4) is 0 Å². The summed E-state index contributed by atoms with van der Waals surface area (Å²) in [6.07, 6.45) is 0.492. The first kappa shape index (κ1) is 19.3. The maximum absolute atomic E-state index is 12.1. The van der Waals surface area contributed by atoms with Crippen molar-refractivity contribution in [3.05, 3.63) is 36.2 Å². The van der Waals surface area contributed by atoms with Crippen LogP contribution >= 0.6 is 0 Å². The fourth-order valence-electron chi connectivity index (χ4n) is 3.18. The molecule has 26 heavy (non-hydrogen) atoms. The number of carbonyl (C=O) groups excluding carboxylic acids is 1. The van der Waals surface area contributed by atoms with Gasteiger partial charge in [0.2, 0.25) is 22.2 Å². The fraction of sp³-hybridized carbons (Fsp3) is 0.357. The van der Waals surface area contributed by atoms with E-state index in [0.717, 1.165) is 5.56 Å². The minimum atomic E-state index is -5.06. The van der Waals surface area contributed by atoms with E-state index in [9.17, 15) is 17.8 Å². The van der Waals surface area contributed by atoms with Gasteiger partial charge in [-0.3, -0.25) is 0 Å². The molecule has 0 N–H and O–H groups in total. The smallest absolute Gasteiger partial charge is 0.724 e. The van der Waals surface area contributed by atoms with Crippen LogP contribution in [-0.4, -0.2) is 58.3 Å². The predicted molar refractivity (Wildman–Crippen MR) is 80.5 cm³/mol. The molecule has 0 aliphatic carbocycles. The third-order valence-corrected chi connectivity index (χ3v) is 4.64. The Kier molecular flexibility index (Phi) is 5.37. The van der Waals surface area contributed by atoms with Gasteiger partial charge in [-0.05, 0) is 18.6 Å². The Morgan fingerprint density at radius 3 is 2.65 bits per heavy atom. The number of nitrogens with zero attached hydrogens (tertiary/aromatic N) is 4. The summed E-state index contributed by atoms with van der Waals surface area (Å²) in [5, 5.41) is 8.64. The Morgan fingerprint density at radius 2 is 1.96 bits per heavy atom. The minimum absolute atomic E-state index is 0. The van der Waals surface area contributed by atoms with E-state index in [1.165, 1.54) is 4.90 Å². The number of piperidine rings is 1. The summed E-state index contributed by atoms with van der Waals surface area (Å²) in [6, 6.07) is 7.82. The van der Waals surface area contributed by atoms with Gasteiger partial charge >= 0.3 is 35.6 Å². The molecule has 0 saturated carbocycles. The Hall–Kier alpha value is -1.50. The number of hydrogen-bond acceptors (Lipinski definition) is 8. The van der Waals surface area contributed by atoms with Gasteiger partial charge in [-0.15, -0.1) is 10.2 Å². The molecule has 2 aromatic rings. The Bertz CT molecular complexity index is 905. The number of carbonyl (C=O) groups is 1. The predicted octanol–water partition coefficient (Wildman–Crippen LogP) is -2.27. The average molecular weight is 388 g/mol. The number of urea groups is 1. The van der Waals surface area contributed by atoms with E-state index in [4.69, 9.17) is 4.42 Å². The molecular formula is C14H13N4NaO6S. The Morgan fingerprint density at radius 1 is 1.23 bits per heavy atom. The maximum atomic E-state index is 12.1. The van der Waals surface area contributed by atoms with Gasteiger partial charge in [-0.2, -0.15) is 9.35 Å². The summed E-state index contributed by atoms with van der Waals surface area (Å²) < 4.78 is 42.8. The molecule has 0 unspecified atom stereocenters. The molecule has 2 bridgehead atoms. The van der Waals surface area contributed by atoms with Crippen molar-refractivity contribution in [3.63, 3.8) is 0 Å². The second-order valence-electron chi connectivity index (χ2n) is 5.81. The van der Waals surface area contributed by atoms with Crippen LogP contribution in [0.5, 0.6) is 0 Å². The molecule has 1 aromatic heterocycles. The molecule has 10 nitrogen and oxygen atoms in total. The van der Waals surface area contributed by atoms with E-state index in [0.29, 0.717) is 23.9 Å². The zero-order valence-electron chi connectivity index (χ0n) is 13.8. The normalized spacial score (nSPS) is 22.4. The van der Waals surface area contributed by atoms with Crippen molar-refractivity contribution in [3.8, 4) is 11.5 Å². The van der Waals surface area contributed by atoms with Crippen LogP contribution in [0.25, 0.3) is 11.5 Å². The van der Waals surface area contributed by atoms with Gasteiger partial charge in [0, 0.05) is 18.7 Å². The van der Waals surface area contributed by atoms with Crippen molar-refractivity contribution in [1.29, 1.82) is 0 Å². The molecule has 2 atom stereocenters. The Balaban J connectivity index is 0.00000196. The second-order valence-corrected chi connectivity index (χ2v) is 6.78. The summed E-state index contributed by atoms with van der Waals surface area (Å²) in [5.41, 5.74) is 0.747. The van der Waals surface area contributed by atoms with Crippen LogP contribution in [0.1, 0.15) is 18.2 Å². The minimum Gasteiger partial charge on any atom is -0.724 e. The summed E-state index contributed by atoms with van der Waals surface area (Å²) in [4.78, 5) is 13.5.